The highest BCUT2D eigenvalue weighted by Gasteiger charge is 2.28. The van der Waals surface area contributed by atoms with Crippen LogP contribution in [0.15, 0.2) is 24.3 Å². The number of nitrogens with one attached hydrogen (secondary N) is 1. The second kappa shape index (κ2) is 8.68. The van der Waals surface area contributed by atoms with Crippen molar-refractivity contribution in [2.45, 2.75) is 32.7 Å². The van der Waals surface area contributed by atoms with Gasteiger partial charge in [0.2, 0.25) is 11.8 Å². The fourth-order valence-electron chi connectivity index (χ4n) is 3.09. The zero-order chi connectivity index (χ0) is 17.5. The minimum Gasteiger partial charge on any atom is -0.494 e. The molecule has 6 nitrogen and oxygen atoms in total. The maximum atomic E-state index is 12.6. The molecule has 2 amide bonds. The molecular formula is C18H27N3O3. The third-order valence-electron chi connectivity index (χ3n) is 4.32. The van der Waals surface area contributed by atoms with Crippen LogP contribution in [-0.2, 0) is 9.59 Å². The summed E-state index contributed by atoms with van der Waals surface area (Å²) in [5, 5.41) is 2.88. The molecule has 0 aliphatic carbocycles. The first-order valence-electron chi connectivity index (χ1n) is 8.51. The molecule has 1 aliphatic heterocycles. The molecule has 0 unspecified atom stereocenters. The van der Waals surface area contributed by atoms with Gasteiger partial charge in [-0.15, -0.1) is 0 Å². The smallest absolute Gasteiger partial charge is 0.225 e. The lowest BCUT2D eigenvalue weighted by molar-refractivity contribution is -0.131. The molecule has 132 valence electrons. The average Bonchev–Trinajstić information content (AvgIpc) is 3.04. The number of amides is 2. The van der Waals surface area contributed by atoms with Crippen LogP contribution in [-0.4, -0.2) is 43.0 Å². The van der Waals surface area contributed by atoms with E-state index in [2.05, 4.69) is 5.32 Å². The third kappa shape index (κ3) is 4.71. The van der Waals surface area contributed by atoms with Crippen LogP contribution in [0, 0.1) is 5.92 Å². The Hall–Kier alpha value is -2.08. The number of nitrogens with zero attached hydrogens (tertiary/aromatic N) is 1. The maximum Gasteiger partial charge on any atom is 0.225 e. The van der Waals surface area contributed by atoms with Crippen molar-refractivity contribution in [2.24, 2.45) is 11.7 Å². The molecule has 0 spiro atoms. The highest BCUT2D eigenvalue weighted by Crippen LogP contribution is 2.28. The quantitative estimate of drug-likeness (QED) is 0.791. The molecule has 24 heavy (non-hydrogen) atoms. The van der Waals surface area contributed by atoms with E-state index in [0.29, 0.717) is 31.4 Å². The number of nitrogens with two attached hydrogens (primary N) is 1. The Morgan fingerprint density at radius 2 is 2.17 bits per heavy atom. The molecule has 6 heteroatoms. The number of para-hydroxylation sites is 1. The van der Waals surface area contributed by atoms with E-state index in [0.717, 1.165) is 18.5 Å². The van der Waals surface area contributed by atoms with Crippen LogP contribution in [0.5, 0.6) is 5.75 Å². The Kier molecular flexibility index (Phi) is 6.61. The standard InChI is InChI=1S/C18H27N3O3/c1-3-24-17-7-5-4-6-15(17)16(20-13(2)22)10-18(23)21-9-8-14(11-19)12-21/h4-7,14,16H,3,8-12,19H2,1-2H3,(H,20,22)/t14-,16+/m0/s1. The first kappa shape index (κ1) is 18.3. The van der Waals surface area contributed by atoms with E-state index in [9.17, 15) is 9.59 Å². The van der Waals surface area contributed by atoms with Crippen molar-refractivity contribution in [2.75, 3.05) is 26.2 Å². The van der Waals surface area contributed by atoms with E-state index in [4.69, 9.17) is 10.5 Å². The van der Waals surface area contributed by atoms with Gasteiger partial charge in [0.05, 0.1) is 19.1 Å². The number of carbonyl (C=O) groups excluding carboxylic acids is 2. The van der Waals surface area contributed by atoms with Crippen LogP contribution < -0.4 is 15.8 Å². The van der Waals surface area contributed by atoms with Gasteiger partial charge in [0, 0.05) is 25.6 Å². The Bertz CT molecular complexity index is 576. The summed E-state index contributed by atoms with van der Waals surface area (Å²) in [6.07, 6.45) is 1.17. The van der Waals surface area contributed by atoms with Gasteiger partial charge in [-0.25, -0.2) is 0 Å². The third-order valence-corrected chi connectivity index (χ3v) is 4.32. The van der Waals surface area contributed by atoms with Crippen LogP contribution in [0.1, 0.15) is 38.3 Å². The molecule has 1 aliphatic rings. The van der Waals surface area contributed by atoms with Gasteiger partial charge in [-0.2, -0.15) is 0 Å². The lowest BCUT2D eigenvalue weighted by atomic mass is 10.0. The van der Waals surface area contributed by atoms with E-state index in [1.54, 1.807) is 0 Å². The summed E-state index contributed by atoms with van der Waals surface area (Å²) in [6.45, 7) is 5.94. The summed E-state index contributed by atoms with van der Waals surface area (Å²) >= 11 is 0. The minimum atomic E-state index is -0.394. The zero-order valence-corrected chi connectivity index (χ0v) is 14.5. The van der Waals surface area contributed by atoms with Gasteiger partial charge in [0.15, 0.2) is 0 Å². The normalized spacial score (nSPS) is 18.3. The van der Waals surface area contributed by atoms with E-state index >= 15 is 0 Å². The zero-order valence-electron chi connectivity index (χ0n) is 14.5. The Morgan fingerprint density at radius 3 is 2.79 bits per heavy atom. The Morgan fingerprint density at radius 1 is 1.42 bits per heavy atom. The van der Waals surface area contributed by atoms with Gasteiger partial charge >= 0.3 is 0 Å². The number of likely N-dealkylation sites (tertiary alicyclic amines) is 1. The van der Waals surface area contributed by atoms with Gasteiger partial charge < -0.3 is 20.7 Å². The fraction of sp³-hybridized carbons (Fsp3) is 0.556. The molecule has 2 rings (SSSR count). The predicted octanol–water partition coefficient (Wildman–Crippen LogP) is 1.46. The van der Waals surface area contributed by atoms with Gasteiger partial charge in [0.1, 0.15) is 5.75 Å². The van der Waals surface area contributed by atoms with E-state index in [1.165, 1.54) is 6.92 Å². The van der Waals surface area contributed by atoms with Gasteiger partial charge in [0.25, 0.3) is 0 Å². The summed E-state index contributed by atoms with van der Waals surface area (Å²) < 4.78 is 5.65. The van der Waals surface area contributed by atoms with Crippen LogP contribution >= 0.6 is 0 Å². The highest BCUT2D eigenvalue weighted by molar-refractivity contribution is 5.79. The first-order chi connectivity index (χ1) is 11.5. The molecule has 1 aromatic rings. The number of hydrogen-bond donors (Lipinski definition) is 2. The summed E-state index contributed by atoms with van der Waals surface area (Å²) in [5.41, 5.74) is 6.53. The van der Waals surface area contributed by atoms with E-state index < -0.39 is 6.04 Å². The molecular weight excluding hydrogens is 306 g/mol. The summed E-state index contributed by atoms with van der Waals surface area (Å²) in [6, 6.07) is 7.13. The van der Waals surface area contributed by atoms with E-state index in [-0.39, 0.29) is 18.2 Å². The van der Waals surface area contributed by atoms with Gasteiger partial charge in [-0.3, -0.25) is 9.59 Å². The van der Waals surface area contributed by atoms with Gasteiger partial charge in [-0.1, -0.05) is 18.2 Å². The monoisotopic (exact) mass is 333 g/mol. The summed E-state index contributed by atoms with van der Waals surface area (Å²) in [5.74, 6) is 0.952. The van der Waals surface area contributed by atoms with Crippen LogP contribution in [0.4, 0.5) is 0 Å². The fourth-order valence-corrected chi connectivity index (χ4v) is 3.09. The number of hydrogen-bond acceptors (Lipinski definition) is 4. The highest BCUT2D eigenvalue weighted by atomic mass is 16.5. The summed E-state index contributed by atoms with van der Waals surface area (Å²) in [7, 11) is 0. The molecule has 1 heterocycles. The molecule has 1 saturated heterocycles. The number of ether oxygens (including phenoxy) is 1. The SMILES string of the molecule is CCOc1ccccc1[C@@H](CC(=O)N1CC[C@@H](CN)C1)NC(C)=O. The number of rotatable bonds is 7. The molecule has 2 atom stereocenters. The van der Waals surface area contributed by atoms with Crippen molar-refractivity contribution in [1.29, 1.82) is 0 Å². The molecule has 0 bridgehead atoms. The Balaban J connectivity index is 2.14. The van der Waals surface area contributed by atoms with Crippen molar-refractivity contribution in [3.05, 3.63) is 29.8 Å². The van der Waals surface area contributed by atoms with Gasteiger partial charge in [-0.05, 0) is 31.9 Å². The second-order valence-corrected chi connectivity index (χ2v) is 6.16. The van der Waals surface area contributed by atoms with Crippen molar-refractivity contribution >= 4 is 11.8 Å². The van der Waals surface area contributed by atoms with E-state index in [1.807, 2.05) is 36.1 Å². The van der Waals surface area contributed by atoms with Crippen LogP contribution in [0.3, 0.4) is 0 Å². The molecule has 1 fully saturated rings. The second-order valence-electron chi connectivity index (χ2n) is 6.16. The maximum absolute atomic E-state index is 12.6. The molecule has 1 aromatic carbocycles. The average molecular weight is 333 g/mol. The van der Waals surface area contributed by atoms with Crippen LogP contribution in [0.25, 0.3) is 0 Å². The summed E-state index contributed by atoms with van der Waals surface area (Å²) in [4.78, 5) is 26.1. The van der Waals surface area contributed by atoms with Crippen molar-refractivity contribution in [1.82, 2.24) is 10.2 Å². The molecule has 0 radical (unpaired) electrons. The first-order valence-corrected chi connectivity index (χ1v) is 8.51. The topological polar surface area (TPSA) is 84.7 Å². The lowest BCUT2D eigenvalue weighted by Crippen LogP contribution is -2.35. The van der Waals surface area contributed by atoms with Crippen molar-refractivity contribution in [3.63, 3.8) is 0 Å². The molecule has 0 saturated carbocycles. The lowest BCUT2D eigenvalue weighted by Gasteiger charge is -2.24. The predicted molar refractivity (Wildman–Crippen MR) is 92.5 cm³/mol. The number of benzene rings is 1. The van der Waals surface area contributed by atoms with Crippen LogP contribution in [0.2, 0.25) is 0 Å². The number of carbonyl (C=O) groups is 2. The Labute approximate surface area is 143 Å². The molecule has 3 N–H and O–H groups in total. The van der Waals surface area contributed by atoms with Crippen molar-refractivity contribution < 1.29 is 14.3 Å². The largest absolute Gasteiger partial charge is 0.494 e. The molecule has 0 aromatic heterocycles. The van der Waals surface area contributed by atoms with Crippen molar-refractivity contribution in [3.8, 4) is 5.75 Å². The minimum absolute atomic E-state index is 0.0380.